The third-order valence-electron chi connectivity index (χ3n) is 7.28. The fraction of sp³-hybridized carbons (Fsp3) is 0.233. The number of amides is 2. The minimum absolute atomic E-state index is 0.0145. The first kappa shape index (κ1) is 24.2. The van der Waals surface area contributed by atoms with Crippen LogP contribution in [-0.2, 0) is 11.3 Å². The molecule has 4 aromatic rings. The van der Waals surface area contributed by atoms with Crippen molar-refractivity contribution in [2.45, 2.75) is 37.9 Å². The number of aliphatic imine (C=N–C) groups is 1. The van der Waals surface area contributed by atoms with Gasteiger partial charge in [0.1, 0.15) is 17.1 Å². The molecule has 2 N–H and O–H groups in total. The number of aryl methyl sites for hydroxylation is 1. The Bertz CT molecular complexity index is 1660. The van der Waals surface area contributed by atoms with Crippen molar-refractivity contribution in [3.63, 3.8) is 0 Å². The summed E-state index contributed by atoms with van der Waals surface area (Å²) in [6.07, 6.45) is 3.41. The number of halogens is 1. The summed E-state index contributed by atoms with van der Waals surface area (Å²) in [4.78, 5) is 36.4. The molecule has 3 aliphatic rings. The zero-order chi connectivity index (χ0) is 27.2. The predicted molar refractivity (Wildman–Crippen MR) is 146 cm³/mol. The van der Waals surface area contributed by atoms with Crippen molar-refractivity contribution < 1.29 is 18.7 Å². The highest BCUT2D eigenvalue weighted by Gasteiger charge is 2.34. The van der Waals surface area contributed by atoms with Crippen molar-refractivity contribution in [3.8, 4) is 17.1 Å². The van der Waals surface area contributed by atoms with E-state index in [1.54, 1.807) is 23.0 Å². The number of carbonyl (C=O) groups excluding carboxylic acids is 2. The number of ether oxygens (including phenoxy) is 1. The summed E-state index contributed by atoms with van der Waals surface area (Å²) in [5.41, 5.74) is 3.82. The average Bonchev–Trinajstić information content (AvgIpc) is 3.78. The third-order valence-corrected chi connectivity index (χ3v) is 7.28. The highest BCUT2D eigenvalue weighted by atomic mass is 19.1. The van der Waals surface area contributed by atoms with Crippen LogP contribution in [0.25, 0.3) is 11.3 Å². The Balaban J connectivity index is 1.28. The van der Waals surface area contributed by atoms with Crippen LogP contribution in [0.2, 0.25) is 0 Å². The van der Waals surface area contributed by atoms with Crippen LogP contribution in [0.3, 0.4) is 0 Å². The maximum Gasteiger partial charge on any atom is 0.269 e. The van der Waals surface area contributed by atoms with Crippen molar-refractivity contribution in [3.05, 3.63) is 95.1 Å². The summed E-state index contributed by atoms with van der Waals surface area (Å²) in [5.74, 6) is -1.00. The number of para-hydroxylation sites is 1. The van der Waals surface area contributed by atoms with Gasteiger partial charge in [-0.15, -0.1) is 0 Å². The zero-order valence-corrected chi connectivity index (χ0v) is 21.4. The molecule has 9 nitrogen and oxygen atoms in total. The first-order chi connectivity index (χ1) is 19.6. The molecule has 1 atom stereocenters. The quantitative estimate of drug-likeness (QED) is 0.396. The molecule has 40 heavy (non-hydrogen) atoms. The molecule has 1 fully saturated rings. The lowest BCUT2D eigenvalue weighted by molar-refractivity contribution is -0.117. The first-order valence-corrected chi connectivity index (χ1v) is 13.3. The molecule has 1 saturated carbocycles. The zero-order valence-electron chi connectivity index (χ0n) is 21.4. The molecule has 4 heterocycles. The van der Waals surface area contributed by atoms with E-state index in [1.807, 2.05) is 42.5 Å². The summed E-state index contributed by atoms with van der Waals surface area (Å²) in [7, 11) is 0. The van der Waals surface area contributed by atoms with Crippen LogP contribution in [0.5, 0.6) is 5.88 Å². The summed E-state index contributed by atoms with van der Waals surface area (Å²) in [5, 5.41) is 10.0. The molecule has 2 aliphatic heterocycles. The smallest absolute Gasteiger partial charge is 0.269 e. The van der Waals surface area contributed by atoms with Crippen molar-refractivity contribution in [2.24, 2.45) is 4.99 Å². The Morgan fingerprint density at radius 2 is 1.90 bits per heavy atom. The van der Waals surface area contributed by atoms with Crippen molar-refractivity contribution in [1.82, 2.24) is 20.1 Å². The van der Waals surface area contributed by atoms with Gasteiger partial charge in [-0.25, -0.2) is 14.1 Å². The molecule has 2 amide bonds. The van der Waals surface area contributed by atoms with E-state index < -0.39 is 23.8 Å². The Morgan fingerprint density at radius 3 is 2.67 bits per heavy atom. The van der Waals surface area contributed by atoms with Gasteiger partial charge >= 0.3 is 0 Å². The number of hydrogen-bond acceptors (Lipinski definition) is 6. The van der Waals surface area contributed by atoms with Gasteiger partial charge in [0, 0.05) is 47.5 Å². The number of benzodiazepines with no additional fused rings is 1. The monoisotopic (exact) mass is 536 g/mol. The van der Waals surface area contributed by atoms with Crippen LogP contribution in [0, 0.1) is 5.82 Å². The standard InChI is InChI=1S/C30H25FN6O3/c31-21-9-4-8-20-24(18-6-2-1-3-7-18)33-27(29(39)34-26(20)21)35-28(38)23-25(36-37-14-5-15-40-30(23)37)19-12-13-22(32-16-19)17-10-11-17/h1-4,6-9,12-13,16-17,27H,5,10-11,14-15H2,(H,34,39)(H,35,38)/t27-/m1/s1. The van der Waals surface area contributed by atoms with E-state index in [9.17, 15) is 14.0 Å². The molecule has 1 aliphatic carbocycles. The van der Waals surface area contributed by atoms with Crippen LogP contribution in [-0.4, -0.2) is 45.1 Å². The maximum absolute atomic E-state index is 14.8. The van der Waals surface area contributed by atoms with Gasteiger partial charge in [0.25, 0.3) is 11.8 Å². The molecule has 0 radical (unpaired) electrons. The highest BCUT2D eigenvalue weighted by molar-refractivity contribution is 6.20. The fourth-order valence-electron chi connectivity index (χ4n) is 5.12. The van der Waals surface area contributed by atoms with Gasteiger partial charge in [-0.2, -0.15) is 5.10 Å². The van der Waals surface area contributed by atoms with Gasteiger partial charge < -0.3 is 15.4 Å². The van der Waals surface area contributed by atoms with E-state index in [0.717, 1.165) is 25.0 Å². The predicted octanol–water partition coefficient (Wildman–Crippen LogP) is 4.29. The molecule has 2 aromatic carbocycles. The average molecular weight is 537 g/mol. The number of benzene rings is 2. The number of nitrogens with one attached hydrogen (secondary N) is 2. The minimum Gasteiger partial charge on any atom is -0.477 e. The lowest BCUT2D eigenvalue weighted by Gasteiger charge is -2.17. The van der Waals surface area contributed by atoms with Crippen LogP contribution in [0.1, 0.15) is 52.4 Å². The van der Waals surface area contributed by atoms with E-state index in [4.69, 9.17) is 4.74 Å². The number of rotatable bonds is 5. The second-order valence-corrected chi connectivity index (χ2v) is 10.1. The molecule has 2 aromatic heterocycles. The second kappa shape index (κ2) is 9.71. The van der Waals surface area contributed by atoms with Gasteiger partial charge in [-0.05, 0) is 31.0 Å². The molecule has 0 saturated heterocycles. The van der Waals surface area contributed by atoms with E-state index in [0.29, 0.717) is 53.0 Å². The van der Waals surface area contributed by atoms with Crippen LogP contribution < -0.4 is 15.4 Å². The van der Waals surface area contributed by atoms with E-state index >= 15 is 0 Å². The first-order valence-electron chi connectivity index (χ1n) is 13.3. The van der Waals surface area contributed by atoms with Gasteiger partial charge in [-0.1, -0.05) is 42.5 Å². The molecular formula is C30H25FN6O3. The second-order valence-electron chi connectivity index (χ2n) is 10.1. The summed E-state index contributed by atoms with van der Waals surface area (Å²) in [6, 6.07) is 17.5. The lowest BCUT2D eigenvalue weighted by atomic mass is 10.0. The number of anilines is 1. The van der Waals surface area contributed by atoms with E-state index in [1.165, 1.54) is 6.07 Å². The lowest BCUT2D eigenvalue weighted by Crippen LogP contribution is -2.42. The molecule has 0 unspecified atom stereocenters. The Morgan fingerprint density at radius 1 is 1.05 bits per heavy atom. The number of aromatic nitrogens is 3. The third kappa shape index (κ3) is 4.31. The summed E-state index contributed by atoms with van der Waals surface area (Å²) in [6.45, 7) is 1.04. The van der Waals surface area contributed by atoms with Crippen molar-refractivity contribution >= 4 is 23.2 Å². The molecule has 200 valence electrons. The number of hydrogen-bond donors (Lipinski definition) is 2. The summed E-state index contributed by atoms with van der Waals surface area (Å²) < 4.78 is 22.4. The van der Waals surface area contributed by atoms with Gasteiger partial charge in [-0.3, -0.25) is 14.6 Å². The topological polar surface area (TPSA) is 111 Å². The van der Waals surface area contributed by atoms with Crippen LogP contribution in [0.15, 0.2) is 71.9 Å². The van der Waals surface area contributed by atoms with Gasteiger partial charge in [0.05, 0.1) is 18.0 Å². The van der Waals surface area contributed by atoms with E-state index in [-0.39, 0.29) is 11.3 Å². The summed E-state index contributed by atoms with van der Waals surface area (Å²) >= 11 is 0. The minimum atomic E-state index is -1.34. The van der Waals surface area contributed by atoms with Crippen LogP contribution in [0.4, 0.5) is 10.1 Å². The molecule has 7 rings (SSSR count). The van der Waals surface area contributed by atoms with Gasteiger partial charge in [0.2, 0.25) is 12.0 Å². The Kier molecular flexibility index (Phi) is 5.87. The normalized spacial score (nSPS) is 18.0. The van der Waals surface area contributed by atoms with Gasteiger partial charge in [0.15, 0.2) is 0 Å². The fourth-order valence-corrected chi connectivity index (χ4v) is 5.12. The maximum atomic E-state index is 14.8. The largest absolute Gasteiger partial charge is 0.477 e. The van der Waals surface area contributed by atoms with Crippen LogP contribution >= 0.6 is 0 Å². The van der Waals surface area contributed by atoms with Crippen molar-refractivity contribution in [2.75, 3.05) is 11.9 Å². The number of carbonyl (C=O) groups is 2. The number of fused-ring (bicyclic) bond motifs is 2. The van der Waals surface area contributed by atoms with E-state index in [2.05, 4.69) is 25.7 Å². The highest BCUT2D eigenvalue weighted by Crippen LogP contribution is 2.40. The molecule has 10 heteroatoms. The SMILES string of the molecule is O=C(N[C@H]1N=C(c2ccccc2)c2cccc(F)c2NC1=O)c1c(-c2ccc(C3CC3)nc2)nn2c1OCCC2. The Labute approximate surface area is 229 Å². The molecule has 0 spiro atoms. The molecular weight excluding hydrogens is 511 g/mol. The van der Waals surface area contributed by atoms with Crippen molar-refractivity contribution in [1.29, 1.82) is 0 Å². The number of pyridine rings is 1. The Hall–Kier alpha value is -4.86. The molecule has 0 bridgehead atoms. The number of nitrogens with zero attached hydrogens (tertiary/aromatic N) is 4.